The number of ether oxygens (including phenoxy) is 1. The number of nitrogens with zero attached hydrogens (tertiary/aromatic N) is 2. The van der Waals surface area contributed by atoms with Crippen molar-refractivity contribution in [3.63, 3.8) is 0 Å². The first-order valence-corrected chi connectivity index (χ1v) is 15.1. The van der Waals surface area contributed by atoms with Crippen LogP contribution in [0.4, 0.5) is 40.8 Å². The molecule has 1 aliphatic heterocycles. The number of benzene rings is 2. The number of hydrogen-bond acceptors (Lipinski definition) is 6. The van der Waals surface area contributed by atoms with Gasteiger partial charge < -0.3 is 24.8 Å². The van der Waals surface area contributed by atoms with Gasteiger partial charge in [-0.1, -0.05) is 19.1 Å². The van der Waals surface area contributed by atoms with Crippen LogP contribution in [0.5, 0.6) is 0 Å². The molecule has 2 atom stereocenters. The molecule has 0 saturated heterocycles. The third-order valence-corrected chi connectivity index (χ3v) is 8.57. The smallest absolute Gasteiger partial charge is 0.417 e. The van der Waals surface area contributed by atoms with Gasteiger partial charge in [-0.3, -0.25) is 9.59 Å². The largest absolute Gasteiger partial charge is 0.467 e. The summed E-state index contributed by atoms with van der Waals surface area (Å²) in [5, 5.41) is 4.21. The van der Waals surface area contributed by atoms with Crippen LogP contribution >= 0.6 is 0 Å². The van der Waals surface area contributed by atoms with Crippen molar-refractivity contribution in [1.82, 2.24) is 14.8 Å². The number of aromatic nitrogens is 1. The van der Waals surface area contributed by atoms with Crippen molar-refractivity contribution in [2.24, 2.45) is 7.05 Å². The van der Waals surface area contributed by atoms with Crippen molar-refractivity contribution in [3.8, 4) is 11.1 Å². The number of rotatable bonds is 9. The molecule has 2 heterocycles. The zero-order valence-corrected chi connectivity index (χ0v) is 27.1. The molecule has 266 valence electrons. The minimum absolute atomic E-state index is 0.0621. The molecular formula is C33H34F8N4O4. The Kier molecular flexibility index (Phi) is 10.8. The number of pyridine rings is 1. The normalized spacial score (nSPS) is 15.0. The molecule has 8 nitrogen and oxygen atoms in total. The highest BCUT2D eigenvalue weighted by molar-refractivity contribution is 5.97. The number of carbonyl (C=O) groups excluding carboxylic acids is 2. The van der Waals surface area contributed by atoms with Crippen molar-refractivity contribution in [3.05, 3.63) is 85.8 Å². The Bertz CT molecular complexity index is 1800. The van der Waals surface area contributed by atoms with Crippen molar-refractivity contribution in [2.45, 2.75) is 64.1 Å². The molecule has 49 heavy (non-hydrogen) atoms. The topological polar surface area (TPSA) is 92.7 Å². The number of halogens is 8. The van der Waals surface area contributed by atoms with Crippen LogP contribution in [0.1, 0.15) is 51.7 Å². The van der Waals surface area contributed by atoms with Crippen molar-refractivity contribution in [1.29, 1.82) is 0 Å². The molecule has 0 radical (unpaired) electrons. The third-order valence-electron chi connectivity index (χ3n) is 8.57. The summed E-state index contributed by atoms with van der Waals surface area (Å²) in [5.74, 6) is -5.41. The summed E-state index contributed by atoms with van der Waals surface area (Å²) in [6, 6.07) is 1.04. The SMILES string of the molecule is CC[C@@H](Nc1cc(F)c(C(=O)N[C@@H](Cc2ccc(-c3c(C(F)(F)F)cc(C)n(C)c3=O)c3c2CN(C)CC3)C(=O)OC)c(F)c1)C(F)(F)F. The molecule has 4 rings (SSSR count). The van der Waals surface area contributed by atoms with Gasteiger partial charge in [0, 0.05) is 37.9 Å². The lowest BCUT2D eigenvalue weighted by molar-refractivity contribution is -0.143. The molecule has 16 heteroatoms. The average Bonchev–Trinajstić information content (AvgIpc) is 3.00. The maximum absolute atomic E-state index is 15.0. The lowest BCUT2D eigenvalue weighted by Gasteiger charge is -2.30. The van der Waals surface area contributed by atoms with Crippen LogP contribution in [0.2, 0.25) is 0 Å². The number of methoxy groups -OCH3 is 1. The zero-order valence-electron chi connectivity index (χ0n) is 27.1. The lowest BCUT2D eigenvalue weighted by atomic mass is 9.85. The summed E-state index contributed by atoms with van der Waals surface area (Å²) in [7, 11) is 4.12. The first-order valence-electron chi connectivity index (χ1n) is 15.1. The standard InChI is InChI=1S/C33H34F8N4O4/c1-6-26(33(39,40)41)42-18-13-23(34)28(24(35)14-18)29(46)43-25(31(48)49-5)12-17-7-8-20(19-9-10-44(3)15-21(17)19)27-22(32(36,37)38)11-16(2)45(4)30(27)47/h7-8,11,13-14,25-26,42H,6,9-10,12,15H2,1-5H3,(H,43,46)/t25-,26+/m0/s1. The van der Waals surface area contributed by atoms with Gasteiger partial charge in [0.1, 0.15) is 29.3 Å². The highest BCUT2D eigenvalue weighted by atomic mass is 19.4. The number of fused-ring (bicyclic) bond motifs is 1. The molecule has 2 N–H and O–H groups in total. The number of likely N-dealkylation sites (N-methyl/N-ethyl adjacent to an activating group) is 1. The van der Waals surface area contributed by atoms with E-state index in [0.717, 1.165) is 17.7 Å². The number of amides is 1. The van der Waals surface area contributed by atoms with Crippen LogP contribution < -0.4 is 16.2 Å². The van der Waals surface area contributed by atoms with Crippen LogP contribution in [0.3, 0.4) is 0 Å². The monoisotopic (exact) mass is 702 g/mol. The van der Waals surface area contributed by atoms with E-state index < -0.39 is 82.3 Å². The van der Waals surface area contributed by atoms with Gasteiger partial charge >= 0.3 is 18.3 Å². The summed E-state index contributed by atoms with van der Waals surface area (Å²) in [5.41, 5.74) is -2.73. The number of alkyl halides is 6. The highest BCUT2D eigenvalue weighted by Crippen LogP contribution is 2.39. The van der Waals surface area contributed by atoms with Crippen molar-refractivity contribution < 1.29 is 49.4 Å². The van der Waals surface area contributed by atoms with Crippen molar-refractivity contribution in [2.75, 3.05) is 26.0 Å². The number of hydrogen-bond donors (Lipinski definition) is 2. The Hall–Kier alpha value is -4.47. The summed E-state index contributed by atoms with van der Waals surface area (Å²) in [6.07, 6.45) is -10.1. The minimum atomic E-state index is -4.85. The maximum Gasteiger partial charge on any atom is 0.417 e. The van der Waals surface area contributed by atoms with Gasteiger partial charge in [-0.2, -0.15) is 26.3 Å². The first kappa shape index (κ1) is 37.4. The summed E-state index contributed by atoms with van der Waals surface area (Å²) in [6.45, 7) is 3.23. The second-order valence-corrected chi connectivity index (χ2v) is 11.9. The van der Waals surface area contributed by atoms with Gasteiger partial charge in [0.15, 0.2) is 0 Å². The highest BCUT2D eigenvalue weighted by Gasteiger charge is 2.39. The summed E-state index contributed by atoms with van der Waals surface area (Å²) < 4.78 is 118. The van der Waals surface area contributed by atoms with E-state index in [9.17, 15) is 49.5 Å². The molecule has 0 unspecified atom stereocenters. The van der Waals surface area contributed by atoms with Crippen LogP contribution in [0, 0.1) is 18.6 Å². The summed E-state index contributed by atoms with van der Waals surface area (Å²) >= 11 is 0. The molecule has 0 fully saturated rings. The number of aryl methyl sites for hydroxylation is 1. The zero-order chi connectivity index (χ0) is 36.6. The van der Waals surface area contributed by atoms with E-state index in [1.807, 2.05) is 10.2 Å². The molecule has 1 amide bonds. The minimum Gasteiger partial charge on any atom is -0.467 e. The lowest BCUT2D eigenvalue weighted by Crippen LogP contribution is -2.44. The molecule has 0 saturated carbocycles. The van der Waals surface area contributed by atoms with Crippen LogP contribution in [-0.4, -0.2) is 60.3 Å². The van der Waals surface area contributed by atoms with Gasteiger partial charge in [0.2, 0.25) is 0 Å². The second kappa shape index (κ2) is 14.2. The van der Waals surface area contributed by atoms with Gasteiger partial charge in [0.25, 0.3) is 11.5 Å². The Morgan fingerprint density at radius 3 is 2.18 bits per heavy atom. The third kappa shape index (κ3) is 7.89. The van der Waals surface area contributed by atoms with Crippen LogP contribution in [0.15, 0.2) is 35.1 Å². The second-order valence-electron chi connectivity index (χ2n) is 11.9. The number of anilines is 1. The van der Waals surface area contributed by atoms with E-state index in [0.29, 0.717) is 35.4 Å². The van der Waals surface area contributed by atoms with Crippen LogP contribution in [0.25, 0.3) is 11.1 Å². The fraction of sp³-hybridized carbons (Fsp3) is 0.424. The molecule has 1 aromatic heterocycles. The molecule has 3 aromatic rings. The van der Waals surface area contributed by atoms with E-state index >= 15 is 0 Å². The van der Waals surface area contributed by atoms with Gasteiger partial charge in [0.05, 0.1) is 18.2 Å². The molecule has 1 aliphatic rings. The van der Waals surface area contributed by atoms with E-state index in [2.05, 4.69) is 5.32 Å². The van der Waals surface area contributed by atoms with E-state index in [4.69, 9.17) is 4.74 Å². The maximum atomic E-state index is 15.0. The first-order chi connectivity index (χ1) is 22.8. The average molecular weight is 703 g/mol. The Balaban J connectivity index is 1.73. The Labute approximate surface area is 276 Å². The van der Waals surface area contributed by atoms with Crippen LogP contribution in [-0.2, 0) is 42.1 Å². The number of carbonyl (C=O) groups is 2. The molecule has 0 aliphatic carbocycles. The van der Waals surface area contributed by atoms with Gasteiger partial charge in [-0.05, 0) is 67.3 Å². The molecule has 0 bridgehead atoms. The quantitative estimate of drug-likeness (QED) is 0.213. The Morgan fingerprint density at radius 1 is 1.00 bits per heavy atom. The molecule has 0 spiro atoms. The van der Waals surface area contributed by atoms with E-state index in [1.165, 1.54) is 33.0 Å². The number of esters is 1. The summed E-state index contributed by atoms with van der Waals surface area (Å²) in [4.78, 5) is 41.1. The van der Waals surface area contributed by atoms with E-state index in [1.54, 1.807) is 7.05 Å². The Morgan fingerprint density at radius 2 is 1.63 bits per heavy atom. The predicted molar refractivity (Wildman–Crippen MR) is 164 cm³/mol. The molecular weight excluding hydrogens is 668 g/mol. The fourth-order valence-corrected chi connectivity index (χ4v) is 5.88. The number of nitrogens with one attached hydrogen (secondary N) is 2. The predicted octanol–water partition coefficient (Wildman–Crippen LogP) is 5.91. The van der Waals surface area contributed by atoms with Crippen molar-refractivity contribution >= 4 is 17.6 Å². The van der Waals surface area contributed by atoms with Gasteiger partial charge in [-0.15, -0.1) is 0 Å². The fourth-order valence-electron chi connectivity index (χ4n) is 5.88. The van der Waals surface area contributed by atoms with E-state index in [-0.39, 0.29) is 30.6 Å². The molecule has 2 aromatic carbocycles. The van der Waals surface area contributed by atoms with Gasteiger partial charge in [-0.25, -0.2) is 13.6 Å².